The predicted molar refractivity (Wildman–Crippen MR) is 106 cm³/mol. The van der Waals surface area contributed by atoms with Crippen LogP contribution < -0.4 is 5.32 Å². The Kier molecular flexibility index (Phi) is 4.46. The van der Waals surface area contributed by atoms with E-state index in [0.717, 1.165) is 28.0 Å². The minimum atomic E-state index is -0.142. The van der Waals surface area contributed by atoms with E-state index in [1.807, 2.05) is 55.5 Å². The number of carbonyl (C=O) groups is 1. The summed E-state index contributed by atoms with van der Waals surface area (Å²) in [6.45, 7) is 1.87. The number of thiazole rings is 1. The fourth-order valence-electron chi connectivity index (χ4n) is 2.84. The molecule has 0 aliphatic heterocycles. The molecular formula is C21H17N3OS. The smallest absolute Gasteiger partial charge is 0.267 e. The van der Waals surface area contributed by atoms with E-state index < -0.39 is 0 Å². The van der Waals surface area contributed by atoms with Crippen LogP contribution >= 0.6 is 11.3 Å². The van der Waals surface area contributed by atoms with Crippen molar-refractivity contribution in [2.45, 2.75) is 13.3 Å². The highest BCUT2D eigenvalue weighted by atomic mass is 32.1. The molecule has 0 saturated heterocycles. The third-order valence-corrected chi connectivity index (χ3v) is 5.25. The molecule has 4 nitrogen and oxygen atoms in total. The average Bonchev–Trinajstić information content (AvgIpc) is 3.03. The summed E-state index contributed by atoms with van der Waals surface area (Å²) in [5.41, 5.74) is 3.54. The Balaban J connectivity index is 1.54. The van der Waals surface area contributed by atoms with Crippen molar-refractivity contribution >= 4 is 33.8 Å². The zero-order valence-electron chi connectivity index (χ0n) is 14.3. The lowest BCUT2D eigenvalue weighted by Crippen LogP contribution is -2.11. The quantitative estimate of drug-likeness (QED) is 0.567. The summed E-state index contributed by atoms with van der Waals surface area (Å²) in [6, 6.07) is 19.9. The van der Waals surface area contributed by atoms with Crippen molar-refractivity contribution in [2.75, 3.05) is 5.32 Å². The molecule has 1 amide bonds. The second kappa shape index (κ2) is 7.06. The van der Waals surface area contributed by atoms with Gasteiger partial charge >= 0.3 is 0 Å². The second-order valence-electron chi connectivity index (χ2n) is 6.06. The summed E-state index contributed by atoms with van der Waals surface area (Å²) in [6.07, 6.45) is 2.42. The molecule has 0 aliphatic rings. The summed E-state index contributed by atoms with van der Waals surface area (Å²) in [5.74, 6) is -0.142. The number of hydrogen-bond donors (Lipinski definition) is 1. The van der Waals surface area contributed by atoms with Crippen LogP contribution in [0, 0.1) is 6.92 Å². The standard InChI is InChI=1S/C21H17N3OS/c1-14-20(26-19(23-14)11-15-7-3-2-4-8-15)21(25)24-17-12-16-9-5-6-10-18(16)22-13-17/h2-10,12-13H,11H2,1H3,(H,24,25). The molecule has 1 N–H and O–H groups in total. The van der Waals surface area contributed by atoms with E-state index in [9.17, 15) is 4.79 Å². The molecule has 0 unspecified atom stereocenters. The minimum absolute atomic E-state index is 0.142. The number of rotatable bonds is 4. The third kappa shape index (κ3) is 3.48. The van der Waals surface area contributed by atoms with Crippen LogP contribution in [0.5, 0.6) is 0 Å². The van der Waals surface area contributed by atoms with Crippen molar-refractivity contribution in [3.63, 3.8) is 0 Å². The lowest BCUT2D eigenvalue weighted by Gasteiger charge is -2.05. The molecule has 0 bridgehead atoms. The van der Waals surface area contributed by atoms with E-state index in [1.54, 1.807) is 6.20 Å². The average molecular weight is 359 g/mol. The predicted octanol–water partition coefficient (Wildman–Crippen LogP) is 4.84. The number of pyridine rings is 1. The molecule has 2 aromatic heterocycles. The minimum Gasteiger partial charge on any atom is -0.320 e. The highest BCUT2D eigenvalue weighted by Crippen LogP contribution is 2.23. The first kappa shape index (κ1) is 16.4. The number of anilines is 1. The van der Waals surface area contributed by atoms with Gasteiger partial charge in [0.1, 0.15) is 4.88 Å². The monoisotopic (exact) mass is 359 g/mol. The van der Waals surface area contributed by atoms with Crippen LogP contribution in [0.2, 0.25) is 0 Å². The zero-order valence-corrected chi connectivity index (χ0v) is 15.1. The number of fused-ring (bicyclic) bond motifs is 1. The largest absolute Gasteiger partial charge is 0.320 e. The van der Waals surface area contributed by atoms with Gasteiger partial charge in [0.15, 0.2) is 0 Å². The van der Waals surface area contributed by atoms with Crippen molar-refractivity contribution in [2.24, 2.45) is 0 Å². The zero-order chi connectivity index (χ0) is 17.9. The van der Waals surface area contributed by atoms with Crippen LogP contribution in [0.3, 0.4) is 0 Å². The van der Waals surface area contributed by atoms with E-state index >= 15 is 0 Å². The molecule has 0 spiro atoms. The van der Waals surface area contributed by atoms with Gasteiger partial charge in [0.05, 0.1) is 28.1 Å². The number of nitrogens with zero attached hydrogens (tertiary/aromatic N) is 2. The van der Waals surface area contributed by atoms with Crippen LogP contribution in [0.4, 0.5) is 5.69 Å². The maximum Gasteiger partial charge on any atom is 0.267 e. The molecule has 0 aliphatic carbocycles. The molecular weight excluding hydrogens is 342 g/mol. The van der Waals surface area contributed by atoms with Gasteiger partial charge in [-0.25, -0.2) is 4.98 Å². The Bertz CT molecular complexity index is 1070. The molecule has 0 saturated carbocycles. The fourth-order valence-corrected chi connectivity index (χ4v) is 3.83. The Morgan fingerprint density at radius 2 is 1.85 bits per heavy atom. The maximum absolute atomic E-state index is 12.7. The van der Waals surface area contributed by atoms with E-state index in [2.05, 4.69) is 27.4 Å². The second-order valence-corrected chi connectivity index (χ2v) is 7.14. The van der Waals surface area contributed by atoms with E-state index in [4.69, 9.17) is 0 Å². The van der Waals surface area contributed by atoms with Crippen LogP contribution in [0.15, 0.2) is 66.9 Å². The van der Waals surface area contributed by atoms with Crippen LogP contribution in [0.25, 0.3) is 10.9 Å². The number of aryl methyl sites for hydroxylation is 1. The highest BCUT2D eigenvalue weighted by molar-refractivity contribution is 7.14. The highest BCUT2D eigenvalue weighted by Gasteiger charge is 2.16. The van der Waals surface area contributed by atoms with E-state index in [1.165, 1.54) is 16.9 Å². The van der Waals surface area contributed by atoms with Gasteiger partial charge in [-0.3, -0.25) is 9.78 Å². The first-order valence-electron chi connectivity index (χ1n) is 8.35. The number of para-hydroxylation sites is 1. The molecule has 5 heteroatoms. The molecule has 26 heavy (non-hydrogen) atoms. The van der Waals surface area contributed by atoms with Gasteiger partial charge in [-0.2, -0.15) is 0 Å². The number of benzene rings is 2. The van der Waals surface area contributed by atoms with Crippen LogP contribution in [-0.2, 0) is 6.42 Å². The van der Waals surface area contributed by atoms with Crippen LogP contribution in [0.1, 0.15) is 25.9 Å². The van der Waals surface area contributed by atoms with Crippen molar-refractivity contribution < 1.29 is 4.79 Å². The summed E-state index contributed by atoms with van der Waals surface area (Å²) in [4.78, 5) is 22.3. The summed E-state index contributed by atoms with van der Waals surface area (Å²) in [5, 5.41) is 4.87. The van der Waals surface area contributed by atoms with E-state index in [0.29, 0.717) is 10.6 Å². The van der Waals surface area contributed by atoms with Gasteiger partial charge in [0.2, 0.25) is 0 Å². The third-order valence-electron chi connectivity index (χ3n) is 4.09. The number of nitrogens with one attached hydrogen (secondary N) is 1. The Morgan fingerprint density at radius 3 is 2.69 bits per heavy atom. The molecule has 0 fully saturated rings. The van der Waals surface area contributed by atoms with Gasteiger partial charge in [0.25, 0.3) is 5.91 Å². The summed E-state index contributed by atoms with van der Waals surface area (Å²) < 4.78 is 0. The van der Waals surface area contributed by atoms with Crippen molar-refractivity contribution in [1.82, 2.24) is 9.97 Å². The molecule has 4 aromatic rings. The summed E-state index contributed by atoms with van der Waals surface area (Å²) >= 11 is 1.44. The number of amides is 1. The number of aromatic nitrogens is 2. The lowest BCUT2D eigenvalue weighted by atomic mass is 10.2. The molecule has 2 aromatic carbocycles. The number of carbonyl (C=O) groups excluding carboxylic acids is 1. The summed E-state index contributed by atoms with van der Waals surface area (Å²) in [7, 11) is 0. The fraction of sp³-hybridized carbons (Fsp3) is 0.0952. The molecule has 2 heterocycles. The lowest BCUT2D eigenvalue weighted by molar-refractivity contribution is 0.103. The van der Waals surface area contributed by atoms with Crippen LogP contribution in [-0.4, -0.2) is 15.9 Å². The van der Waals surface area contributed by atoms with E-state index in [-0.39, 0.29) is 5.91 Å². The van der Waals surface area contributed by atoms with Crippen molar-refractivity contribution in [3.8, 4) is 0 Å². The Morgan fingerprint density at radius 1 is 1.08 bits per heavy atom. The SMILES string of the molecule is Cc1nc(Cc2ccccc2)sc1C(=O)Nc1cnc2ccccc2c1. The van der Waals surface area contributed by atoms with Gasteiger partial charge in [-0.05, 0) is 24.6 Å². The van der Waals surface area contributed by atoms with Gasteiger partial charge in [-0.15, -0.1) is 11.3 Å². The van der Waals surface area contributed by atoms with Gasteiger partial charge in [-0.1, -0.05) is 48.5 Å². The topological polar surface area (TPSA) is 54.9 Å². The molecule has 128 valence electrons. The van der Waals surface area contributed by atoms with Crippen molar-refractivity contribution in [1.29, 1.82) is 0 Å². The number of hydrogen-bond acceptors (Lipinski definition) is 4. The van der Waals surface area contributed by atoms with Gasteiger partial charge in [0, 0.05) is 11.8 Å². The molecule has 4 rings (SSSR count). The normalized spacial score (nSPS) is 10.8. The molecule has 0 atom stereocenters. The first-order chi connectivity index (χ1) is 12.7. The Hall–Kier alpha value is -3.05. The molecule has 0 radical (unpaired) electrons. The van der Waals surface area contributed by atoms with Gasteiger partial charge < -0.3 is 5.32 Å². The first-order valence-corrected chi connectivity index (χ1v) is 9.17. The van der Waals surface area contributed by atoms with Crippen molar-refractivity contribution in [3.05, 3.63) is 88.0 Å². The Labute approximate surface area is 155 Å². The maximum atomic E-state index is 12.7.